The minimum Gasteiger partial charge on any atom is -0.491 e. The number of fused-ring (bicyclic) bond motifs is 2. The third kappa shape index (κ3) is 9.03. The smallest absolute Gasteiger partial charge is 0.226 e. The van der Waals surface area contributed by atoms with Crippen molar-refractivity contribution in [3.05, 3.63) is 41.3 Å². The van der Waals surface area contributed by atoms with Crippen LogP contribution in [0.1, 0.15) is 25.6 Å². The minimum atomic E-state index is -0.816. The molecule has 250 valence electrons. The van der Waals surface area contributed by atoms with Gasteiger partial charge in [0.15, 0.2) is 17.7 Å². The minimum absolute atomic E-state index is 0.0480. The maximum atomic E-state index is 9.87. The Hall–Kier alpha value is -3.10. The number of anilines is 1. The molecule has 0 unspecified atom stereocenters. The average Bonchev–Trinajstić information content (AvgIpc) is 3.70. The van der Waals surface area contributed by atoms with Crippen LogP contribution < -0.4 is 10.1 Å². The molecular weight excluding hydrogens is 622 g/mol. The summed E-state index contributed by atoms with van der Waals surface area (Å²) >= 11 is 6.33. The van der Waals surface area contributed by atoms with Crippen LogP contribution in [-0.4, -0.2) is 115 Å². The van der Waals surface area contributed by atoms with Crippen molar-refractivity contribution < 1.29 is 43.0 Å². The number of ether oxygens (including phenoxy) is 8. The van der Waals surface area contributed by atoms with E-state index in [1.807, 2.05) is 38.1 Å². The molecule has 2 fully saturated rings. The van der Waals surface area contributed by atoms with Crippen LogP contribution in [0.25, 0.3) is 11.0 Å². The number of terminal acetylenes is 1. The first-order valence-electron chi connectivity index (χ1n) is 15.1. The second kappa shape index (κ2) is 16.6. The maximum Gasteiger partial charge on any atom is 0.226 e. The van der Waals surface area contributed by atoms with E-state index in [4.69, 9.17) is 55.9 Å². The fraction of sp³-hybridized carbons (Fsp3) is 0.581. The van der Waals surface area contributed by atoms with Gasteiger partial charge in [0.1, 0.15) is 43.1 Å². The number of rotatable bonds is 19. The Morgan fingerprint density at radius 2 is 1.70 bits per heavy atom. The van der Waals surface area contributed by atoms with E-state index in [0.717, 1.165) is 5.56 Å². The Bertz CT molecular complexity index is 1450. The summed E-state index contributed by atoms with van der Waals surface area (Å²) in [5, 5.41) is 18.4. The zero-order chi connectivity index (χ0) is 32.4. The molecule has 4 atom stereocenters. The first-order valence-corrected chi connectivity index (χ1v) is 15.5. The number of benzene rings is 1. The van der Waals surface area contributed by atoms with E-state index in [2.05, 4.69) is 26.3 Å². The second-order valence-electron chi connectivity index (χ2n) is 10.9. The molecule has 2 aliphatic heterocycles. The van der Waals surface area contributed by atoms with Crippen molar-refractivity contribution >= 4 is 28.5 Å². The Kier molecular flexibility index (Phi) is 12.4. The van der Waals surface area contributed by atoms with Gasteiger partial charge in [-0.1, -0.05) is 18.1 Å². The van der Waals surface area contributed by atoms with Crippen molar-refractivity contribution in [1.29, 1.82) is 0 Å². The SMILES string of the molecule is C#CCOCCOCCOCCOCCOc1cccc(CNc2nc(Cl)nc3c2cnn3[C@@H]2O[C@H](CO)[C@H]3OC(C)(C)O[C@H]32)c1. The van der Waals surface area contributed by atoms with E-state index in [1.54, 1.807) is 10.9 Å². The number of aliphatic hydroxyl groups is 1. The molecule has 0 amide bonds. The normalized spacial score (nSPS) is 21.8. The van der Waals surface area contributed by atoms with Crippen LogP contribution in [-0.2, 0) is 39.7 Å². The van der Waals surface area contributed by atoms with Crippen molar-refractivity contribution in [1.82, 2.24) is 19.7 Å². The molecule has 2 saturated heterocycles. The van der Waals surface area contributed by atoms with Crippen LogP contribution in [0.4, 0.5) is 5.82 Å². The molecule has 15 heteroatoms. The zero-order valence-corrected chi connectivity index (χ0v) is 26.7. The summed E-state index contributed by atoms with van der Waals surface area (Å²) in [6.45, 7) is 7.84. The lowest BCUT2D eigenvalue weighted by Gasteiger charge is -2.23. The lowest BCUT2D eigenvalue weighted by molar-refractivity contribution is -0.201. The van der Waals surface area contributed by atoms with Gasteiger partial charge in [-0.25, -0.2) is 4.68 Å². The lowest BCUT2D eigenvalue weighted by Crippen LogP contribution is -2.31. The number of aromatic nitrogens is 4. The van der Waals surface area contributed by atoms with Gasteiger partial charge in [0, 0.05) is 6.54 Å². The number of hydrogen-bond donors (Lipinski definition) is 2. The highest BCUT2D eigenvalue weighted by atomic mass is 35.5. The van der Waals surface area contributed by atoms with Gasteiger partial charge in [-0.15, -0.1) is 6.42 Å². The molecule has 5 rings (SSSR count). The van der Waals surface area contributed by atoms with Crippen molar-refractivity contribution in [3.8, 4) is 18.1 Å². The number of hydrogen-bond acceptors (Lipinski definition) is 13. The van der Waals surface area contributed by atoms with Gasteiger partial charge >= 0.3 is 0 Å². The average molecular weight is 662 g/mol. The van der Waals surface area contributed by atoms with Gasteiger partial charge in [-0.2, -0.15) is 15.1 Å². The van der Waals surface area contributed by atoms with Crippen LogP contribution in [0.5, 0.6) is 5.75 Å². The highest BCUT2D eigenvalue weighted by molar-refractivity contribution is 6.28. The van der Waals surface area contributed by atoms with Crippen LogP contribution in [0.2, 0.25) is 5.28 Å². The molecule has 0 spiro atoms. The fourth-order valence-electron chi connectivity index (χ4n) is 5.16. The van der Waals surface area contributed by atoms with E-state index < -0.39 is 30.3 Å². The summed E-state index contributed by atoms with van der Waals surface area (Å²) in [5.41, 5.74) is 1.44. The molecule has 0 bridgehead atoms. The van der Waals surface area contributed by atoms with Crippen LogP contribution in [0.3, 0.4) is 0 Å². The van der Waals surface area contributed by atoms with Gasteiger partial charge in [-0.3, -0.25) is 0 Å². The number of nitrogens with one attached hydrogen (secondary N) is 1. The van der Waals surface area contributed by atoms with Gasteiger partial charge in [-0.05, 0) is 43.1 Å². The predicted molar refractivity (Wildman–Crippen MR) is 167 cm³/mol. The summed E-state index contributed by atoms with van der Waals surface area (Å²) in [4.78, 5) is 8.82. The zero-order valence-electron chi connectivity index (χ0n) is 25.9. The Morgan fingerprint density at radius 1 is 1.00 bits per heavy atom. The van der Waals surface area contributed by atoms with Gasteiger partial charge in [0.25, 0.3) is 0 Å². The quantitative estimate of drug-likeness (QED) is 0.110. The Morgan fingerprint density at radius 3 is 2.41 bits per heavy atom. The summed E-state index contributed by atoms with van der Waals surface area (Å²) in [7, 11) is 0. The topological polar surface area (TPSA) is 150 Å². The molecule has 2 aliphatic rings. The van der Waals surface area contributed by atoms with Gasteiger partial charge < -0.3 is 48.3 Å². The van der Waals surface area contributed by atoms with Gasteiger partial charge in [0.2, 0.25) is 5.28 Å². The molecule has 2 N–H and O–H groups in total. The van der Waals surface area contributed by atoms with Crippen molar-refractivity contribution in [2.75, 3.05) is 71.4 Å². The Balaban J connectivity index is 1.06. The van der Waals surface area contributed by atoms with E-state index in [9.17, 15) is 5.11 Å². The molecule has 2 aromatic heterocycles. The summed E-state index contributed by atoms with van der Waals surface area (Å²) < 4.78 is 47.2. The summed E-state index contributed by atoms with van der Waals surface area (Å²) in [6, 6.07) is 7.73. The molecule has 3 aromatic rings. The number of aliphatic hydroxyl groups excluding tert-OH is 1. The second-order valence-corrected chi connectivity index (χ2v) is 11.3. The molecule has 0 aliphatic carbocycles. The molecule has 4 heterocycles. The van der Waals surface area contributed by atoms with E-state index in [0.29, 0.717) is 88.6 Å². The van der Waals surface area contributed by atoms with Crippen LogP contribution >= 0.6 is 11.6 Å². The monoisotopic (exact) mass is 661 g/mol. The van der Waals surface area contributed by atoms with Crippen molar-refractivity contribution in [2.24, 2.45) is 0 Å². The van der Waals surface area contributed by atoms with Crippen molar-refractivity contribution in [2.45, 2.75) is 50.7 Å². The third-order valence-electron chi connectivity index (χ3n) is 7.13. The predicted octanol–water partition coefficient (Wildman–Crippen LogP) is 2.58. The number of halogens is 1. The van der Waals surface area contributed by atoms with Crippen molar-refractivity contribution in [3.63, 3.8) is 0 Å². The van der Waals surface area contributed by atoms with Crippen LogP contribution in [0.15, 0.2) is 30.5 Å². The highest BCUT2D eigenvalue weighted by Gasteiger charge is 2.56. The molecular formula is C31H40ClN5O9. The largest absolute Gasteiger partial charge is 0.491 e. The van der Waals surface area contributed by atoms with Crippen LogP contribution in [0, 0.1) is 12.3 Å². The highest BCUT2D eigenvalue weighted by Crippen LogP contribution is 2.43. The van der Waals surface area contributed by atoms with E-state index >= 15 is 0 Å². The first kappa shape index (κ1) is 34.2. The summed E-state index contributed by atoms with van der Waals surface area (Å²) in [6.07, 6.45) is 4.60. The molecule has 0 radical (unpaired) electrons. The molecule has 1 aromatic carbocycles. The van der Waals surface area contributed by atoms with E-state index in [1.165, 1.54) is 0 Å². The third-order valence-corrected chi connectivity index (χ3v) is 7.30. The maximum absolute atomic E-state index is 9.87. The molecule has 46 heavy (non-hydrogen) atoms. The van der Waals surface area contributed by atoms with E-state index in [-0.39, 0.29) is 11.9 Å². The number of nitrogens with zero attached hydrogens (tertiary/aromatic N) is 4. The summed E-state index contributed by atoms with van der Waals surface area (Å²) in [5.74, 6) is 2.82. The standard InChI is InChI=1S/C31H40ClN5O9/c1-4-8-39-9-10-40-11-12-41-13-14-42-15-16-43-22-7-5-6-21(17-22)18-33-27-23-19-34-37(28(23)36-30(32)35-27)29-26-25(24(20-38)44-29)45-31(2,3)46-26/h1,5-7,17,19,24-26,29,38H,8-16,18,20H2,2-3H3,(H,33,35,36)/t24-,25-,26-,29-/m1/s1. The van der Waals surface area contributed by atoms with Gasteiger partial charge in [0.05, 0.1) is 64.4 Å². The first-order chi connectivity index (χ1) is 22.4. The molecule has 0 saturated carbocycles. The fourth-order valence-corrected chi connectivity index (χ4v) is 5.33. The molecule has 14 nitrogen and oxygen atoms in total. The Labute approximate surface area is 272 Å². The lowest BCUT2D eigenvalue weighted by atomic mass is 10.1.